The van der Waals surface area contributed by atoms with Gasteiger partial charge in [0.25, 0.3) is 0 Å². The number of nitrogens with zero attached hydrogens (tertiary/aromatic N) is 1. The van der Waals surface area contributed by atoms with Crippen LogP contribution in [-0.4, -0.2) is 18.7 Å². The van der Waals surface area contributed by atoms with Gasteiger partial charge in [0, 0.05) is 12.2 Å². The second-order valence-electron chi connectivity index (χ2n) is 2.79. The van der Waals surface area contributed by atoms with Crippen LogP contribution in [0.25, 0.3) is 0 Å². The molecule has 0 saturated carbocycles. The highest BCUT2D eigenvalue weighted by Gasteiger charge is 2.20. The summed E-state index contributed by atoms with van der Waals surface area (Å²) in [6.45, 7) is 0.987. The van der Waals surface area contributed by atoms with Crippen molar-refractivity contribution in [2.45, 2.75) is 0 Å². The molecule has 0 N–H and O–H groups in total. The maximum Gasteiger partial charge on any atom is 0.673 e. The zero-order valence-electron chi connectivity index (χ0n) is 7.71. The summed E-state index contributed by atoms with van der Waals surface area (Å²) in [6.07, 6.45) is 15.3. The Morgan fingerprint density at radius 3 is 2.53 bits per heavy atom. The van der Waals surface area contributed by atoms with Gasteiger partial charge in [-0.1, -0.05) is 6.08 Å². The molecule has 0 spiro atoms. The van der Waals surface area contributed by atoms with E-state index in [1.54, 1.807) is 0 Å². The Morgan fingerprint density at radius 2 is 1.93 bits per heavy atom. The average molecular weight is 217 g/mol. The lowest BCUT2D eigenvalue weighted by Crippen LogP contribution is -2.18. The molecule has 0 saturated heterocycles. The first-order valence-corrected chi connectivity index (χ1v) is 4.23. The van der Waals surface area contributed by atoms with Crippen molar-refractivity contribution < 1.29 is 17.3 Å². The molecular formula is C9H8BF4N. The fourth-order valence-electron chi connectivity index (χ4n) is 1.09. The summed E-state index contributed by atoms with van der Waals surface area (Å²) >= 11 is 0. The van der Waals surface area contributed by atoms with Crippen molar-refractivity contribution in [3.05, 3.63) is 48.4 Å². The maximum atomic E-state index is 9.75. The van der Waals surface area contributed by atoms with Gasteiger partial charge in [-0.15, -0.1) is 0 Å². The van der Waals surface area contributed by atoms with Crippen LogP contribution in [0.1, 0.15) is 0 Å². The SMILES string of the molecule is F[B-](F)(F)F.[C+]1=CC2=CC=CCN2C=C1. The highest BCUT2D eigenvalue weighted by Crippen LogP contribution is 2.14. The van der Waals surface area contributed by atoms with Gasteiger partial charge in [0.1, 0.15) is 18.4 Å². The summed E-state index contributed by atoms with van der Waals surface area (Å²) < 4.78 is 39.0. The molecule has 0 atom stereocenters. The van der Waals surface area contributed by atoms with Crippen LogP contribution < -0.4 is 0 Å². The minimum atomic E-state index is -6.00. The zero-order chi connectivity index (χ0) is 11.3. The Balaban J connectivity index is 0.000000195. The molecule has 80 valence electrons. The zero-order valence-corrected chi connectivity index (χ0v) is 7.71. The van der Waals surface area contributed by atoms with Gasteiger partial charge in [0.2, 0.25) is 0 Å². The van der Waals surface area contributed by atoms with Gasteiger partial charge >= 0.3 is 7.25 Å². The number of halogens is 4. The minimum absolute atomic E-state index is 0.987. The van der Waals surface area contributed by atoms with Crippen molar-refractivity contribution >= 4 is 7.25 Å². The Labute approximate surface area is 85.2 Å². The van der Waals surface area contributed by atoms with Gasteiger partial charge < -0.3 is 17.3 Å². The molecule has 0 amide bonds. The van der Waals surface area contributed by atoms with Gasteiger partial charge in [0.15, 0.2) is 5.70 Å². The lowest BCUT2D eigenvalue weighted by atomic mass is 10.2. The smallest absolute Gasteiger partial charge is 0.418 e. The standard InChI is InChI=1S/C9H8N.BF4/c1-3-7-10-8-4-2-6-9(10)5-1;2-1(3,4)5/h1,3-6,8H,7H2;/q+1;-1. The third-order valence-electron chi connectivity index (χ3n) is 1.62. The largest absolute Gasteiger partial charge is 0.673 e. The molecule has 2 aliphatic rings. The van der Waals surface area contributed by atoms with Crippen molar-refractivity contribution in [2.75, 3.05) is 6.54 Å². The third-order valence-corrected chi connectivity index (χ3v) is 1.62. The van der Waals surface area contributed by atoms with E-state index < -0.39 is 7.25 Å². The molecule has 0 unspecified atom stereocenters. The van der Waals surface area contributed by atoms with E-state index in [9.17, 15) is 17.3 Å². The molecule has 2 heterocycles. The fraction of sp³-hybridized carbons (Fsp3) is 0.111. The van der Waals surface area contributed by atoms with Crippen LogP contribution in [0.3, 0.4) is 0 Å². The monoisotopic (exact) mass is 217 g/mol. The van der Waals surface area contributed by atoms with Gasteiger partial charge in [-0.25, -0.2) is 4.90 Å². The van der Waals surface area contributed by atoms with Gasteiger partial charge in [-0.3, -0.25) is 0 Å². The number of hydrogen-bond acceptors (Lipinski definition) is 1. The van der Waals surface area contributed by atoms with Crippen LogP contribution in [0.5, 0.6) is 0 Å². The van der Waals surface area contributed by atoms with Crippen molar-refractivity contribution in [1.29, 1.82) is 0 Å². The molecule has 0 radical (unpaired) electrons. The topological polar surface area (TPSA) is 3.24 Å². The Bertz CT molecular complexity index is 321. The van der Waals surface area contributed by atoms with E-state index in [2.05, 4.69) is 29.2 Å². The molecule has 0 bridgehead atoms. The van der Waals surface area contributed by atoms with Crippen LogP contribution in [0.4, 0.5) is 17.3 Å². The molecule has 1 nitrogen and oxygen atoms in total. The molecule has 0 aliphatic carbocycles. The highest BCUT2D eigenvalue weighted by molar-refractivity contribution is 6.50. The predicted octanol–water partition coefficient (Wildman–Crippen LogP) is 2.93. The molecule has 6 heteroatoms. The number of rotatable bonds is 0. The lowest BCUT2D eigenvalue weighted by Gasteiger charge is -2.14. The van der Waals surface area contributed by atoms with Gasteiger partial charge in [-0.2, -0.15) is 0 Å². The number of hydrogen-bond donors (Lipinski definition) is 0. The summed E-state index contributed by atoms with van der Waals surface area (Å²) in [5.41, 5.74) is 1.23. The molecule has 2 rings (SSSR count). The van der Waals surface area contributed by atoms with Gasteiger partial charge in [0.05, 0.1) is 6.54 Å². The van der Waals surface area contributed by atoms with Crippen molar-refractivity contribution in [3.8, 4) is 0 Å². The molecule has 0 aromatic carbocycles. The van der Waals surface area contributed by atoms with E-state index in [-0.39, 0.29) is 0 Å². The van der Waals surface area contributed by atoms with Crippen molar-refractivity contribution in [2.24, 2.45) is 0 Å². The third kappa shape index (κ3) is 5.03. The molecule has 0 aromatic heterocycles. The summed E-state index contributed by atoms with van der Waals surface area (Å²) in [7, 11) is -6.00. The Morgan fingerprint density at radius 1 is 1.27 bits per heavy atom. The average Bonchev–Trinajstić information content (AvgIpc) is 2.16. The van der Waals surface area contributed by atoms with E-state index in [1.165, 1.54) is 5.70 Å². The summed E-state index contributed by atoms with van der Waals surface area (Å²) in [6, 6.07) is 0. The first kappa shape index (κ1) is 11.5. The van der Waals surface area contributed by atoms with Crippen LogP contribution in [0.2, 0.25) is 0 Å². The summed E-state index contributed by atoms with van der Waals surface area (Å²) in [4.78, 5) is 2.18. The first-order valence-electron chi connectivity index (χ1n) is 4.23. The quantitative estimate of drug-likeness (QED) is 0.342. The lowest BCUT2D eigenvalue weighted by molar-refractivity contribution is 0.368. The van der Waals surface area contributed by atoms with E-state index in [4.69, 9.17) is 0 Å². The second kappa shape index (κ2) is 4.80. The van der Waals surface area contributed by atoms with Crippen LogP contribution >= 0.6 is 0 Å². The van der Waals surface area contributed by atoms with Crippen molar-refractivity contribution in [3.63, 3.8) is 0 Å². The molecule has 0 aromatic rings. The maximum absolute atomic E-state index is 9.75. The van der Waals surface area contributed by atoms with E-state index in [1.807, 2.05) is 18.4 Å². The highest BCUT2D eigenvalue weighted by atomic mass is 19.5. The number of fused-ring (bicyclic) bond motifs is 1. The number of allylic oxidation sites excluding steroid dienone is 5. The van der Waals surface area contributed by atoms with Crippen molar-refractivity contribution in [1.82, 2.24) is 4.90 Å². The Kier molecular flexibility index (Phi) is 3.69. The molecule has 0 fully saturated rings. The summed E-state index contributed by atoms with van der Waals surface area (Å²) in [5, 5.41) is 0. The fourth-order valence-corrected chi connectivity index (χ4v) is 1.09. The molecule has 2 aliphatic heterocycles. The normalized spacial score (nSPS) is 17.3. The van der Waals surface area contributed by atoms with E-state index in [0.717, 1.165) is 6.54 Å². The minimum Gasteiger partial charge on any atom is -0.418 e. The molecule has 15 heavy (non-hydrogen) atoms. The Hall–Kier alpha value is -1.55. The predicted molar refractivity (Wildman–Crippen MR) is 51.1 cm³/mol. The van der Waals surface area contributed by atoms with Crippen LogP contribution in [0, 0.1) is 6.08 Å². The van der Waals surface area contributed by atoms with Crippen LogP contribution in [0.15, 0.2) is 42.3 Å². The van der Waals surface area contributed by atoms with E-state index >= 15 is 0 Å². The van der Waals surface area contributed by atoms with E-state index in [0.29, 0.717) is 0 Å². The van der Waals surface area contributed by atoms with Crippen LogP contribution in [-0.2, 0) is 0 Å². The first-order chi connectivity index (χ1) is 6.97. The second-order valence-corrected chi connectivity index (χ2v) is 2.79. The summed E-state index contributed by atoms with van der Waals surface area (Å²) in [5.74, 6) is 0. The molecular weight excluding hydrogens is 209 g/mol. The van der Waals surface area contributed by atoms with Gasteiger partial charge in [-0.05, 0) is 6.08 Å².